The first-order valence-electron chi connectivity index (χ1n) is 11.9. The van der Waals surface area contributed by atoms with Crippen LogP contribution in [0.15, 0.2) is 48.7 Å². The Bertz CT molecular complexity index is 1280. The number of carbonyl (C=O) groups is 2. The summed E-state index contributed by atoms with van der Waals surface area (Å²) in [5, 5.41) is 6.49. The lowest BCUT2D eigenvalue weighted by Crippen LogP contribution is -2.70. The third-order valence-electron chi connectivity index (χ3n) is 7.55. The standard InChI is InChI=1S/C26H27N5O3/c1-16-5-4-8-21(28-16)23(32)30-25-10-17-9-18(11-25)13-26(12-17,15-25)31-24(33)34-22-14-27-19-6-2-3-7-20(19)29-22/h2-8,14,17-18H,9-13,15H2,1H3,(H,30,32)(H,31,33). The van der Waals surface area contributed by atoms with E-state index < -0.39 is 11.6 Å². The minimum absolute atomic E-state index is 0.144. The predicted octanol–water partition coefficient (Wildman–Crippen LogP) is 3.94. The number of hydrogen-bond acceptors (Lipinski definition) is 6. The molecule has 2 atom stereocenters. The van der Waals surface area contributed by atoms with Crippen LogP contribution in [0.4, 0.5) is 4.79 Å². The van der Waals surface area contributed by atoms with E-state index in [0.29, 0.717) is 29.5 Å². The average molecular weight is 458 g/mol. The summed E-state index contributed by atoms with van der Waals surface area (Å²) in [6.45, 7) is 1.88. The highest BCUT2D eigenvalue weighted by molar-refractivity contribution is 5.93. The number of para-hydroxylation sites is 2. The maximum Gasteiger partial charge on any atom is 0.414 e. The van der Waals surface area contributed by atoms with E-state index in [0.717, 1.165) is 43.3 Å². The minimum atomic E-state index is -0.520. The molecule has 2 unspecified atom stereocenters. The molecule has 0 saturated heterocycles. The van der Waals surface area contributed by atoms with Gasteiger partial charge in [0.25, 0.3) is 5.91 Å². The van der Waals surface area contributed by atoms with Crippen LogP contribution >= 0.6 is 0 Å². The van der Waals surface area contributed by atoms with E-state index in [1.54, 1.807) is 6.07 Å². The van der Waals surface area contributed by atoms with E-state index in [1.807, 2.05) is 43.3 Å². The van der Waals surface area contributed by atoms with Gasteiger partial charge in [0.1, 0.15) is 5.69 Å². The summed E-state index contributed by atoms with van der Waals surface area (Å²) in [5.41, 5.74) is 1.95. The van der Waals surface area contributed by atoms with E-state index in [4.69, 9.17) is 4.74 Å². The number of ether oxygens (including phenoxy) is 1. The zero-order valence-corrected chi connectivity index (χ0v) is 19.1. The predicted molar refractivity (Wildman–Crippen MR) is 125 cm³/mol. The fourth-order valence-corrected chi connectivity index (χ4v) is 6.86. The van der Waals surface area contributed by atoms with Crippen LogP contribution in [0.3, 0.4) is 0 Å². The second-order valence-electron chi connectivity index (χ2n) is 10.4. The normalized spacial score (nSPS) is 29.1. The van der Waals surface area contributed by atoms with E-state index in [2.05, 4.69) is 25.6 Å². The van der Waals surface area contributed by atoms with Gasteiger partial charge in [0.05, 0.1) is 17.2 Å². The third kappa shape index (κ3) is 3.87. The number of hydrogen-bond donors (Lipinski definition) is 2. The van der Waals surface area contributed by atoms with Gasteiger partial charge in [-0.25, -0.2) is 19.7 Å². The molecule has 0 radical (unpaired) electrons. The summed E-state index contributed by atoms with van der Waals surface area (Å²) in [7, 11) is 0. The lowest BCUT2D eigenvalue weighted by Gasteiger charge is -2.61. The lowest BCUT2D eigenvalue weighted by molar-refractivity contribution is -0.0450. The van der Waals surface area contributed by atoms with Crippen molar-refractivity contribution in [3.63, 3.8) is 0 Å². The van der Waals surface area contributed by atoms with Gasteiger partial charge in [0.15, 0.2) is 0 Å². The van der Waals surface area contributed by atoms with Crippen molar-refractivity contribution in [2.45, 2.75) is 56.5 Å². The summed E-state index contributed by atoms with van der Waals surface area (Å²) >= 11 is 0. The van der Waals surface area contributed by atoms with Crippen LogP contribution < -0.4 is 15.4 Å². The lowest BCUT2D eigenvalue weighted by atomic mass is 9.50. The number of aryl methyl sites for hydroxylation is 1. The molecule has 0 spiro atoms. The van der Waals surface area contributed by atoms with E-state index in [9.17, 15) is 9.59 Å². The smallest absolute Gasteiger partial charge is 0.390 e. The van der Waals surface area contributed by atoms with Gasteiger partial charge in [-0.05, 0) is 81.5 Å². The van der Waals surface area contributed by atoms with Crippen molar-refractivity contribution in [2.24, 2.45) is 11.8 Å². The van der Waals surface area contributed by atoms with Crippen molar-refractivity contribution >= 4 is 23.0 Å². The van der Waals surface area contributed by atoms with Crippen LogP contribution in [0, 0.1) is 18.8 Å². The molecule has 2 aromatic heterocycles. The van der Waals surface area contributed by atoms with Gasteiger partial charge in [-0.2, -0.15) is 0 Å². The summed E-state index contributed by atoms with van der Waals surface area (Å²) in [4.78, 5) is 39.1. The van der Waals surface area contributed by atoms with Crippen LogP contribution in [0.5, 0.6) is 5.88 Å². The molecule has 8 heteroatoms. The van der Waals surface area contributed by atoms with Gasteiger partial charge < -0.3 is 15.4 Å². The highest BCUT2D eigenvalue weighted by Gasteiger charge is 2.59. The Morgan fingerprint density at radius 3 is 2.35 bits per heavy atom. The van der Waals surface area contributed by atoms with Crippen LogP contribution in [0.25, 0.3) is 11.0 Å². The van der Waals surface area contributed by atoms with E-state index in [1.165, 1.54) is 6.20 Å². The largest absolute Gasteiger partial charge is 0.414 e. The van der Waals surface area contributed by atoms with E-state index >= 15 is 0 Å². The van der Waals surface area contributed by atoms with Crippen molar-refractivity contribution in [1.82, 2.24) is 25.6 Å². The van der Waals surface area contributed by atoms with Crippen LogP contribution in [-0.4, -0.2) is 38.0 Å². The van der Waals surface area contributed by atoms with Gasteiger partial charge in [-0.15, -0.1) is 0 Å². The van der Waals surface area contributed by atoms with Crippen molar-refractivity contribution in [3.8, 4) is 5.88 Å². The molecule has 4 fully saturated rings. The number of pyridine rings is 1. The third-order valence-corrected chi connectivity index (χ3v) is 7.55. The highest BCUT2D eigenvalue weighted by atomic mass is 16.6. The Balaban J connectivity index is 1.19. The molecule has 34 heavy (non-hydrogen) atoms. The Hall–Kier alpha value is -3.55. The molecule has 2 amide bonds. The molecule has 4 bridgehead atoms. The molecule has 2 N–H and O–H groups in total. The fraction of sp³-hybridized carbons (Fsp3) is 0.423. The van der Waals surface area contributed by atoms with Crippen molar-refractivity contribution < 1.29 is 14.3 Å². The van der Waals surface area contributed by atoms with Gasteiger partial charge in [-0.1, -0.05) is 18.2 Å². The number of carbonyl (C=O) groups excluding carboxylic acids is 2. The molecule has 4 aliphatic carbocycles. The summed E-state index contributed by atoms with van der Waals surface area (Å²) in [5.74, 6) is 0.963. The van der Waals surface area contributed by atoms with E-state index in [-0.39, 0.29) is 17.3 Å². The molecule has 1 aromatic carbocycles. The number of amides is 2. The maximum absolute atomic E-state index is 13.1. The Labute approximate surface area is 197 Å². The van der Waals surface area contributed by atoms with Gasteiger partial charge in [0, 0.05) is 16.8 Å². The van der Waals surface area contributed by atoms with Gasteiger partial charge in [-0.3, -0.25) is 4.79 Å². The molecule has 4 saturated carbocycles. The monoisotopic (exact) mass is 457 g/mol. The van der Waals surface area contributed by atoms with Crippen molar-refractivity contribution in [2.75, 3.05) is 0 Å². The molecule has 8 nitrogen and oxygen atoms in total. The first-order chi connectivity index (χ1) is 16.4. The van der Waals surface area contributed by atoms with Crippen LogP contribution in [-0.2, 0) is 0 Å². The number of aromatic nitrogens is 3. The summed E-state index contributed by atoms with van der Waals surface area (Å²) in [6, 6.07) is 12.9. The Morgan fingerprint density at radius 1 is 0.912 bits per heavy atom. The number of benzene rings is 1. The van der Waals surface area contributed by atoms with Crippen molar-refractivity contribution in [1.29, 1.82) is 0 Å². The summed E-state index contributed by atoms with van der Waals surface area (Å²) in [6.07, 6.45) is 6.49. The Morgan fingerprint density at radius 2 is 1.62 bits per heavy atom. The molecular formula is C26H27N5O3. The number of fused-ring (bicyclic) bond motifs is 1. The molecule has 174 valence electrons. The molecule has 0 aliphatic heterocycles. The van der Waals surface area contributed by atoms with Crippen molar-refractivity contribution in [3.05, 3.63) is 60.0 Å². The minimum Gasteiger partial charge on any atom is -0.390 e. The fourth-order valence-electron chi connectivity index (χ4n) is 6.86. The number of rotatable bonds is 4. The first-order valence-corrected chi connectivity index (χ1v) is 11.9. The SMILES string of the molecule is Cc1cccc(C(=O)NC23CC4CC(CC(NC(=O)Oc5cnc6ccccc6n5)(C4)C2)C3)n1. The number of nitrogens with zero attached hydrogens (tertiary/aromatic N) is 3. The van der Waals surface area contributed by atoms with Crippen LogP contribution in [0.2, 0.25) is 0 Å². The summed E-state index contributed by atoms with van der Waals surface area (Å²) < 4.78 is 5.54. The average Bonchev–Trinajstić information content (AvgIpc) is 2.77. The second kappa shape index (κ2) is 7.75. The molecular weight excluding hydrogens is 430 g/mol. The van der Waals surface area contributed by atoms with Gasteiger partial charge >= 0.3 is 6.09 Å². The Kier molecular flexibility index (Phi) is 4.79. The molecule has 4 aliphatic rings. The molecule has 3 aromatic rings. The molecule has 7 rings (SSSR count). The van der Waals surface area contributed by atoms with Gasteiger partial charge in [0.2, 0.25) is 5.88 Å². The highest BCUT2D eigenvalue weighted by Crippen LogP contribution is 2.57. The quantitative estimate of drug-likeness (QED) is 0.615. The zero-order valence-electron chi connectivity index (χ0n) is 19.1. The second-order valence-corrected chi connectivity index (χ2v) is 10.4. The maximum atomic E-state index is 13.1. The molecule has 2 heterocycles. The first kappa shape index (κ1) is 21.0. The zero-order chi connectivity index (χ0) is 23.3. The number of nitrogens with one attached hydrogen (secondary N) is 2. The topological polar surface area (TPSA) is 106 Å². The van der Waals surface area contributed by atoms with Crippen LogP contribution in [0.1, 0.15) is 54.7 Å².